The molecule has 0 aromatic carbocycles. The van der Waals surface area contributed by atoms with Crippen LogP contribution in [0.1, 0.15) is 36.2 Å². The topological polar surface area (TPSA) is 74.6 Å². The van der Waals surface area contributed by atoms with Crippen LogP contribution in [-0.2, 0) is 4.79 Å². The highest BCUT2D eigenvalue weighted by Gasteiger charge is 2.37. The predicted molar refractivity (Wildman–Crippen MR) is 84.0 cm³/mol. The second kappa shape index (κ2) is 7.65. The first-order chi connectivity index (χ1) is 10.3. The van der Waals surface area contributed by atoms with Crippen LogP contribution in [0.2, 0.25) is 0 Å². The highest BCUT2D eigenvalue weighted by Crippen LogP contribution is 2.28. The number of fused-ring (bicyclic) bond motifs is 2. The fraction of sp³-hybridized carbons (Fsp3) is 0.600. The molecule has 2 fully saturated rings. The van der Waals surface area contributed by atoms with E-state index < -0.39 is 0 Å². The molecule has 0 aliphatic carbocycles. The van der Waals surface area contributed by atoms with Crippen LogP contribution in [0.25, 0.3) is 0 Å². The Balaban J connectivity index is 0.00000176. The number of rotatable bonds is 4. The van der Waals surface area contributed by atoms with E-state index in [1.807, 2.05) is 4.90 Å². The van der Waals surface area contributed by atoms with Crippen LogP contribution in [0, 0.1) is 0 Å². The van der Waals surface area contributed by atoms with E-state index >= 15 is 0 Å². The van der Waals surface area contributed by atoms with Crippen LogP contribution in [0.15, 0.2) is 22.8 Å². The summed E-state index contributed by atoms with van der Waals surface area (Å²) in [6.45, 7) is 2.23. The molecule has 2 aliphatic heterocycles. The Kier molecular flexibility index (Phi) is 5.85. The van der Waals surface area contributed by atoms with Crippen molar-refractivity contribution in [3.8, 4) is 0 Å². The van der Waals surface area contributed by atoms with Gasteiger partial charge in [-0.1, -0.05) is 0 Å². The number of carbonyl (C=O) groups excluding carboxylic acids is 2. The van der Waals surface area contributed by atoms with E-state index in [1.54, 1.807) is 12.1 Å². The molecular weight excluding hydrogens is 306 g/mol. The minimum atomic E-state index is -0.270. The molecule has 3 rings (SSSR count). The number of furan rings is 1. The zero-order chi connectivity index (χ0) is 14.7. The molecule has 22 heavy (non-hydrogen) atoms. The van der Waals surface area contributed by atoms with Crippen LogP contribution in [0.3, 0.4) is 0 Å². The Bertz CT molecular complexity index is 492. The van der Waals surface area contributed by atoms with Gasteiger partial charge in [0.2, 0.25) is 5.91 Å². The van der Waals surface area contributed by atoms with E-state index in [0.29, 0.717) is 25.0 Å². The van der Waals surface area contributed by atoms with E-state index in [1.165, 1.54) is 6.26 Å². The van der Waals surface area contributed by atoms with Gasteiger partial charge in [0.15, 0.2) is 5.76 Å². The number of halogens is 1. The van der Waals surface area contributed by atoms with Crippen LogP contribution in [0.4, 0.5) is 0 Å². The molecule has 0 saturated carbocycles. The molecule has 6 nitrogen and oxygen atoms in total. The Hall–Kier alpha value is -1.53. The highest BCUT2D eigenvalue weighted by atomic mass is 35.5. The molecule has 2 bridgehead atoms. The second-order valence-corrected chi connectivity index (χ2v) is 5.66. The lowest BCUT2D eigenvalue weighted by Crippen LogP contribution is -2.43. The fourth-order valence-corrected chi connectivity index (χ4v) is 3.30. The van der Waals surface area contributed by atoms with E-state index in [4.69, 9.17) is 4.42 Å². The van der Waals surface area contributed by atoms with Crippen LogP contribution in [0.5, 0.6) is 0 Å². The van der Waals surface area contributed by atoms with Crippen LogP contribution >= 0.6 is 12.4 Å². The highest BCUT2D eigenvalue weighted by molar-refractivity contribution is 5.91. The lowest BCUT2D eigenvalue weighted by molar-refractivity contribution is -0.133. The van der Waals surface area contributed by atoms with Crippen molar-refractivity contribution in [2.45, 2.75) is 37.8 Å². The summed E-state index contributed by atoms with van der Waals surface area (Å²) in [6, 6.07) is 3.98. The molecule has 2 atom stereocenters. The Morgan fingerprint density at radius 1 is 1.32 bits per heavy atom. The molecule has 2 unspecified atom stereocenters. The van der Waals surface area contributed by atoms with E-state index in [2.05, 4.69) is 10.6 Å². The quantitative estimate of drug-likeness (QED) is 0.870. The molecule has 2 saturated heterocycles. The first-order valence-corrected chi connectivity index (χ1v) is 7.59. The van der Waals surface area contributed by atoms with Gasteiger partial charge in [-0.25, -0.2) is 0 Å². The molecule has 0 radical (unpaired) electrons. The summed E-state index contributed by atoms with van der Waals surface area (Å²) >= 11 is 0. The summed E-state index contributed by atoms with van der Waals surface area (Å²) in [5.74, 6) is 0.153. The van der Waals surface area contributed by atoms with Gasteiger partial charge in [-0.05, 0) is 37.9 Å². The summed E-state index contributed by atoms with van der Waals surface area (Å²) in [4.78, 5) is 26.2. The largest absolute Gasteiger partial charge is 0.459 e. The third kappa shape index (κ3) is 3.62. The van der Waals surface area contributed by atoms with Crippen molar-refractivity contribution in [1.82, 2.24) is 15.5 Å². The zero-order valence-corrected chi connectivity index (χ0v) is 13.2. The number of nitrogens with one attached hydrogen (secondary N) is 2. The summed E-state index contributed by atoms with van der Waals surface area (Å²) in [6.07, 6.45) is 5.03. The van der Waals surface area contributed by atoms with E-state index in [9.17, 15) is 9.59 Å². The maximum Gasteiger partial charge on any atom is 0.286 e. The van der Waals surface area contributed by atoms with E-state index in [0.717, 1.165) is 32.4 Å². The molecule has 3 heterocycles. The first-order valence-electron chi connectivity index (χ1n) is 7.59. The van der Waals surface area contributed by atoms with Gasteiger partial charge >= 0.3 is 0 Å². The van der Waals surface area contributed by atoms with Crippen molar-refractivity contribution in [2.75, 3.05) is 19.6 Å². The lowest BCUT2D eigenvalue weighted by Gasteiger charge is -2.28. The van der Waals surface area contributed by atoms with Gasteiger partial charge in [0.05, 0.1) is 6.26 Å². The molecule has 2 N–H and O–H groups in total. The molecule has 1 aromatic rings. The molecule has 7 heteroatoms. The number of nitrogens with zero attached hydrogens (tertiary/aromatic N) is 1. The zero-order valence-electron chi connectivity index (χ0n) is 12.4. The SMILES string of the molecule is Cl.O=C(NCCC(=O)N1C2CCNCC1CC2)c1ccco1. The predicted octanol–water partition coefficient (Wildman–Crippen LogP) is 1.17. The summed E-state index contributed by atoms with van der Waals surface area (Å²) in [5, 5.41) is 6.11. The summed E-state index contributed by atoms with van der Waals surface area (Å²) in [7, 11) is 0. The summed E-state index contributed by atoms with van der Waals surface area (Å²) < 4.78 is 5.01. The third-order valence-corrected chi connectivity index (χ3v) is 4.31. The van der Waals surface area contributed by atoms with Gasteiger partial charge in [-0.2, -0.15) is 0 Å². The smallest absolute Gasteiger partial charge is 0.286 e. The molecule has 1 aromatic heterocycles. The van der Waals surface area contributed by atoms with Crippen molar-refractivity contribution in [3.63, 3.8) is 0 Å². The number of amides is 2. The maximum absolute atomic E-state index is 12.4. The van der Waals surface area contributed by atoms with Crippen molar-refractivity contribution in [1.29, 1.82) is 0 Å². The van der Waals surface area contributed by atoms with Crippen molar-refractivity contribution >= 4 is 24.2 Å². The van der Waals surface area contributed by atoms with Crippen LogP contribution in [-0.4, -0.2) is 48.4 Å². The number of hydrogen-bond donors (Lipinski definition) is 2. The first kappa shape index (κ1) is 16.8. The minimum absolute atomic E-state index is 0. The monoisotopic (exact) mass is 327 g/mol. The van der Waals surface area contributed by atoms with Crippen LogP contribution < -0.4 is 10.6 Å². The second-order valence-electron chi connectivity index (χ2n) is 5.66. The van der Waals surface area contributed by atoms with Gasteiger partial charge in [-0.15, -0.1) is 12.4 Å². The fourth-order valence-electron chi connectivity index (χ4n) is 3.30. The number of carbonyl (C=O) groups is 2. The molecular formula is C15H22ClN3O3. The van der Waals surface area contributed by atoms with Gasteiger partial charge in [0, 0.05) is 31.6 Å². The average molecular weight is 328 g/mol. The Labute approximate surface area is 136 Å². The Morgan fingerprint density at radius 3 is 2.91 bits per heavy atom. The molecule has 122 valence electrons. The van der Waals surface area contributed by atoms with Crippen molar-refractivity contribution in [3.05, 3.63) is 24.2 Å². The number of hydrogen-bond acceptors (Lipinski definition) is 4. The molecule has 0 spiro atoms. The van der Waals surface area contributed by atoms with Gasteiger partial charge < -0.3 is 20.0 Å². The standard InChI is InChI=1S/C15H21N3O3.ClH/c19-14(6-8-17-15(20)13-2-1-9-21-13)18-11-3-4-12(18)10-16-7-5-11;/h1-2,9,11-12,16H,3-8,10H2,(H,17,20);1H. The normalized spacial score (nSPS) is 23.5. The maximum atomic E-state index is 12.4. The Morgan fingerprint density at radius 2 is 2.14 bits per heavy atom. The van der Waals surface area contributed by atoms with Crippen molar-refractivity contribution in [2.24, 2.45) is 0 Å². The van der Waals surface area contributed by atoms with Gasteiger partial charge in [-0.3, -0.25) is 9.59 Å². The third-order valence-electron chi connectivity index (χ3n) is 4.31. The van der Waals surface area contributed by atoms with Crippen molar-refractivity contribution < 1.29 is 14.0 Å². The van der Waals surface area contributed by atoms with Gasteiger partial charge in [0.1, 0.15) is 0 Å². The lowest BCUT2D eigenvalue weighted by atomic mass is 10.1. The van der Waals surface area contributed by atoms with Gasteiger partial charge in [0.25, 0.3) is 5.91 Å². The van der Waals surface area contributed by atoms with E-state index in [-0.39, 0.29) is 30.0 Å². The summed E-state index contributed by atoms with van der Waals surface area (Å²) in [5.41, 5.74) is 0. The minimum Gasteiger partial charge on any atom is -0.459 e. The molecule has 2 aliphatic rings. The molecule has 2 amide bonds. The average Bonchev–Trinajstić information content (AvgIpc) is 3.05.